The smallest absolute Gasteiger partial charge is 0.340 e. The van der Waals surface area contributed by atoms with Crippen LogP contribution in [0.15, 0.2) is 48.5 Å². The number of esters is 1. The number of ether oxygens (including phenoxy) is 1. The predicted octanol–water partition coefficient (Wildman–Crippen LogP) is 2.72. The van der Waals surface area contributed by atoms with Crippen molar-refractivity contribution in [3.63, 3.8) is 0 Å². The Morgan fingerprint density at radius 1 is 1.09 bits per heavy atom. The van der Waals surface area contributed by atoms with Crippen LogP contribution in [-0.4, -0.2) is 20.6 Å². The molecule has 0 amide bonds. The van der Waals surface area contributed by atoms with Crippen LogP contribution in [0.3, 0.4) is 0 Å². The number of nitrogens with one attached hydrogen (secondary N) is 1. The van der Waals surface area contributed by atoms with Crippen LogP contribution in [0.5, 0.6) is 0 Å². The summed E-state index contributed by atoms with van der Waals surface area (Å²) in [4.78, 5) is 12.1. The lowest BCUT2D eigenvalue weighted by Gasteiger charge is -2.10. The standard InChI is InChI=1S/C16H17NO4S/c1-12-7-9-13(10-8-12)11-21-16(18)14-5-3-4-6-15(14)17-22(2,19)20/h3-10,17H,11H2,1-2H3. The van der Waals surface area contributed by atoms with Gasteiger partial charge in [-0.3, -0.25) is 4.72 Å². The maximum absolute atomic E-state index is 12.1. The number of para-hydroxylation sites is 1. The molecular formula is C16H17NO4S. The number of aryl methyl sites for hydroxylation is 1. The molecule has 0 spiro atoms. The molecule has 0 aliphatic carbocycles. The highest BCUT2D eigenvalue weighted by molar-refractivity contribution is 7.92. The van der Waals surface area contributed by atoms with E-state index in [4.69, 9.17) is 4.74 Å². The Bertz CT molecular complexity index is 767. The van der Waals surface area contributed by atoms with Crippen molar-refractivity contribution in [3.05, 3.63) is 65.2 Å². The Morgan fingerprint density at radius 3 is 2.36 bits per heavy atom. The van der Waals surface area contributed by atoms with E-state index in [0.717, 1.165) is 17.4 Å². The first-order valence-electron chi connectivity index (χ1n) is 6.64. The number of sulfonamides is 1. The van der Waals surface area contributed by atoms with E-state index in [1.165, 1.54) is 12.1 Å². The van der Waals surface area contributed by atoms with Crippen molar-refractivity contribution >= 4 is 21.7 Å². The monoisotopic (exact) mass is 319 g/mol. The van der Waals surface area contributed by atoms with Crippen LogP contribution in [-0.2, 0) is 21.4 Å². The summed E-state index contributed by atoms with van der Waals surface area (Å²) < 4.78 is 30.2. The quantitative estimate of drug-likeness (QED) is 0.860. The van der Waals surface area contributed by atoms with Gasteiger partial charge in [0.2, 0.25) is 10.0 Å². The van der Waals surface area contributed by atoms with Gasteiger partial charge in [-0.15, -0.1) is 0 Å². The molecule has 2 rings (SSSR count). The normalized spacial score (nSPS) is 11.0. The molecule has 6 heteroatoms. The molecular weight excluding hydrogens is 302 g/mol. The zero-order valence-corrected chi connectivity index (χ0v) is 13.2. The maximum atomic E-state index is 12.1. The van der Waals surface area contributed by atoms with Crippen LogP contribution in [0.1, 0.15) is 21.5 Å². The van der Waals surface area contributed by atoms with E-state index < -0.39 is 16.0 Å². The molecule has 0 atom stereocenters. The van der Waals surface area contributed by atoms with E-state index in [-0.39, 0.29) is 17.9 Å². The van der Waals surface area contributed by atoms with E-state index in [1.807, 2.05) is 31.2 Å². The van der Waals surface area contributed by atoms with Crippen molar-refractivity contribution in [1.82, 2.24) is 0 Å². The molecule has 0 bridgehead atoms. The second-order valence-electron chi connectivity index (χ2n) is 4.98. The molecule has 2 aromatic carbocycles. The van der Waals surface area contributed by atoms with Gasteiger partial charge in [0, 0.05) is 0 Å². The minimum Gasteiger partial charge on any atom is -0.457 e. The minimum absolute atomic E-state index is 0.131. The van der Waals surface area contributed by atoms with Crippen LogP contribution in [0.2, 0.25) is 0 Å². The molecule has 22 heavy (non-hydrogen) atoms. The number of hydrogen-bond donors (Lipinski definition) is 1. The Hall–Kier alpha value is -2.34. The molecule has 0 saturated carbocycles. The molecule has 0 unspecified atom stereocenters. The second-order valence-corrected chi connectivity index (χ2v) is 6.73. The summed E-state index contributed by atoms with van der Waals surface area (Å²) in [5.74, 6) is -0.577. The molecule has 0 aromatic heterocycles. The summed E-state index contributed by atoms with van der Waals surface area (Å²) in [6.45, 7) is 2.11. The molecule has 0 fully saturated rings. The molecule has 0 radical (unpaired) electrons. The Labute approximate surface area is 130 Å². The fourth-order valence-corrected chi connectivity index (χ4v) is 2.44. The molecule has 116 valence electrons. The van der Waals surface area contributed by atoms with Crippen molar-refractivity contribution in [3.8, 4) is 0 Å². The van der Waals surface area contributed by atoms with Gasteiger partial charge in [0.05, 0.1) is 17.5 Å². The van der Waals surface area contributed by atoms with Gasteiger partial charge in [0.15, 0.2) is 0 Å². The van der Waals surface area contributed by atoms with Gasteiger partial charge < -0.3 is 4.74 Å². The van der Waals surface area contributed by atoms with Crippen molar-refractivity contribution in [2.75, 3.05) is 11.0 Å². The Balaban J connectivity index is 2.11. The first-order valence-corrected chi connectivity index (χ1v) is 8.54. The second kappa shape index (κ2) is 6.62. The number of rotatable bonds is 5. The van der Waals surface area contributed by atoms with Gasteiger partial charge >= 0.3 is 5.97 Å². The largest absolute Gasteiger partial charge is 0.457 e. The highest BCUT2D eigenvalue weighted by Gasteiger charge is 2.14. The molecule has 1 N–H and O–H groups in total. The van der Waals surface area contributed by atoms with Crippen molar-refractivity contribution in [2.45, 2.75) is 13.5 Å². The zero-order valence-electron chi connectivity index (χ0n) is 12.4. The average Bonchev–Trinajstić information content (AvgIpc) is 2.45. The van der Waals surface area contributed by atoms with Gasteiger partial charge in [-0.2, -0.15) is 0 Å². The summed E-state index contributed by atoms with van der Waals surface area (Å²) in [5.41, 5.74) is 2.38. The van der Waals surface area contributed by atoms with E-state index in [2.05, 4.69) is 4.72 Å². The summed E-state index contributed by atoms with van der Waals surface area (Å²) in [6, 6.07) is 14.0. The van der Waals surface area contributed by atoms with Gasteiger partial charge in [-0.25, -0.2) is 13.2 Å². The minimum atomic E-state index is -3.46. The fraction of sp³-hybridized carbons (Fsp3) is 0.188. The summed E-state index contributed by atoms with van der Waals surface area (Å²) >= 11 is 0. The molecule has 2 aromatic rings. The van der Waals surface area contributed by atoms with Gasteiger partial charge in [-0.1, -0.05) is 42.0 Å². The summed E-state index contributed by atoms with van der Waals surface area (Å²) in [6.07, 6.45) is 1.03. The van der Waals surface area contributed by atoms with Crippen LogP contribution in [0.4, 0.5) is 5.69 Å². The lowest BCUT2D eigenvalue weighted by Crippen LogP contribution is -2.14. The highest BCUT2D eigenvalue weighted by Crippen LogP contribution is 2.18. The SMILES string of the molecule is Cc1ccc(COC(=O)c2ccccc2NS(C)(=O)=O)cc1. The number of carbonyl (C=O) groups excluding carboxylic acids is 1. The average molecular weight is 319 g/mol. The van der Waals surface area contributed by atoms with Gasteiger partial charge in [0.25, 0.3) is 0 Å². The number of carbonyl (C=O) groups is 1. The topological polar surface area (TPSA) is 72.5 Å². The highest BCUT2D eigenvalue weighted by atomic mass is 32.2. The zero-order chi connectivity index (χ0) is 16.2. The molecule has 0 aliphatic rings. The first-order chi connectivity index (χ1) is 10.3. The summed E-state index contributed by atoms with van der Waals surface area (Å²) in [7, 11) is -3.46. The lowest BCUT2D eigenvalue weighted by molar-refractivity contribution is 0.0474. The van der Waals surface area contributed by atoms with E-state index in [9.17, 15) is 13.2 Å². The van der Waals surface area contributed by atoms with Crippen LogP contribution < -0.4 is 4.72 Å². The number of anilines is 1. The van der Waals surface area contributed by atoms with E-state index in [0.29, 0.717) is 0 Å². The van der Waals surface area contributed by atoms with Crippen molar-refractivity contribution in [1.29, 1.82) is 0 Å². The Morgan fingerprint density at radius 2 is 1.73 bits per heavy atom. The third-order valence-corrected chi connectivity index (χ3v) is 3.52. The maximum Gasteiger partial charge on any atom is 0.340 e. The molecule has 0 aliphatic heterocycles. The van der Waals surface area contributed by atoms with Crippen LogP contribution in [0.25, 0.3) is 0 Å². The first kappa shape index (κ1) is 16.0. The lowest BCUT2D eigenvalue weighted by atomic mass is 10.1. The molecule has 0 saturated heterocycles. The Kier molecular flexibility index (Phi) is 4.82. The van der Waals surface area contributed by atoms with Crippen LogP contribution in [0, 0.1) is 6.92 Å². The number of benzene rings is 2. The van der Waals surface area contributed by atoms with Crippen LogP contribution >= 0.6 is 0 Å². The van der Waals surface area contributed by atoms with Crippen molar-refractivity contribution < 1.29 is 17.9 Å². The van der Waals surface area contributed by atoms with E-state index >= 15 is 0 Å². The third-order valence-electron chi connectivity index (χ3n) is 2.93. The van der Waals surface area contributed by atoms with E-state index in [1.54, 1.807) is 12.1 Å². The van der Waals surface area contributed by atoms with Gasteiger partial charge in [0.1, 0.15) is 6.61 Å². The number of hydrogen-bond acceptors (Lipinski definition) is 4. The fourth-order valence-electron chi connectivity index (χ4n) is 1.86. The summed E-state index contributed by atoms with van der Waals surface area (Å²) in [5, 5.41) is 0. The molecule has 0 heterocycles. The third kappa shape index (κ3) is 4.60. The molecule has 5 nitrogen and oxygen atoms in total. The van der Waals surface area contributed by atoms with Crippen molar-refractivity contribution in [2.24, 2.45) is 0 Å². The van der Waals surface area contributed by atoms with Gasteiger partial charge in [-0.05, 0) is 24.6 Å². The predicted molar refractivity (Wildman–Crippen MR) is 85.2 cm³/mol.